The van der Waals surface area contributed by atoms with Crippen LogP contribution in [0.25, 0.3) is 5.69 Å². The number of aromatic nitrogens is 2. The van der Waals surface area contributed by atoms with Crippen LogP contribution < -0.4 is 5.32 Å². The first kappa shape index (κ1) is 17.9. The van der Waals surface area contributed by atoms with Gasteiger partial charge >= 0.3 is 0 Å². The molecular formula is C17H20ClN3O3S. The maximum Gasteiger partial charge on any atom is 0.255 e. The summed E-state index contributed by atoms with van der Waals surface area (Å²) in [4.78, 5) is 12.7. The van der Waals surface area contributed by atoms with Crippen molar-refractivity contribution in [1.82, 2.24) is 15.1 Å². The first-order valence-corrected chi connectivity index (χ1v) is 10.3. The van der Waals surface area contributed by atoms with E-state index in [0.29, 0.717) is 17.0 Å². The SMILES string of the molecule is CC(C)c1c(C(=O)N[C@H]2CCS(=O)(=O)C2)cnn1-c1cccc(Cl)c1. The number of carbonyl (C=O) groups excluding carboxylic acids is 1. The molecule has 1 atom stereocenters. The van der Waals surface area contributed by atoms with Crippen LogP contribution in [0.1, 0.15) is 42.2 Å². The second-order valence-corrected chi connectivity index (χ2v) is 9.23. The summed E-state index contributed by atoms with van der Waals surface area (Å²) in [5.41, 5.74) is 2.00. The molecular weight excluding hydrogens is 362 g/mol. The Kier molecular flexibility index (Phi) is 4.88. The summed E-state index contributed by atoms with van der Waals surface area (Å²) < 4.78 is 24.9. The Morgan fingerprint density at radius 3 is 2.76 bits per heavy atom. The van der Waals surface area contributed by atoms with Crippen molar-refractivity contribution < 1.29 is 13.2 Å². The van der Waals surface area contributed by atoms with Crippen LogP contribution in [0.15, 0.2) is 30.5 Å². The van der Waals surface area contributed by atoms with Crippen molar-refractivity contribution in [1.29, 1.82) is 0 Å². The van der Waals surface area contributed by atoms with Crippen LogP contribution in [0.5, 0.6) is 0 Å². The molecule has 0 bridgehead atoms. The Morgan fingerprint density at radius 2 is 2.16 bits per heavy atom. The van der Waals surface area contributed by atoms with Crippen LogP contribution in [-0.2, 0) is 9.84 Å². The fourth-order valence-electron chi connectivity index (χ4n) is 3.07. The van der Waals surface area contributed by atoms with Gasteiger partial charge in [-0.15, -0.1) is 0 Å². The van der Waals surface area contributed by atoms with Gasteiger partial charge in [-0.2, -0.15) is 5.10 Å². The molecule has 1 saturated heterocycles. The van der Waals surface area contributed by atoms with Gasteiger partial charge in [-0.1, -0.05) is 31.5 Å². The van der Waals surface area contributed by atoms with Gasteiger partial charge in [0.1, 0.15) is 0 Å². The van der Waals surface area contributed by atoms with Crippen LogP contribution in [0.2, 0.25) is 5.02 Å². The van der Waals surface area contributed by atoms with Gasteiger partial charge in [0.05, 0.1) is 34.6 Å². The van der Waals surface area contributed by atoms with Gasteiger partial charge in [-0.3, -0.25) is 4.79 Å². The van der Waals surface area contributed by atoms with E-state index in [0.717, 1.165) is 11.4 Å². The Hall–Kier alpha value is -1.86. The largest absolute Gasteiger partial charge is 0.348 e. The molecule has 0 saturated carbocycles. The number of rotatable bonds is 4. The average molecular weight is 382 g/mol. The van der Waals surface area contributed by atoms with Crippen molar-refractivity contribution in [3.63, 3.8) is 0 Å². The van der Waals surface area contributed by atoms with Crippen LogP contribution in [0.3, 0.4) is 0 Å². The lowest BCUT2D eigenvalue weighted by Gasteiger charge is -2.15. The lowest BCUT2D eigenvalue weighted by atomic mass is 10.0. The van der Waals surface area contributed by atoms with Crippen molar-refractivity contribution in [3.8, 4) is 5.69 Å². The van der Waals surface area contributed by atoms with Crippen LogP contribution in [0.4, 0.5) is 0 Å². The number of nitrogens with zero attached hydrogens (tertiary/aromatic N) is 2. The summed E-state index contributed by atoms with van der Waals surface area (Å²) >= 11 is 6.06. The highest BCUT2D eigenvalue weighted by Crippen LogP contribution is 2.25. The smallest absolute Gasteiger partial charge is 0.255 e. The molecule has 2 heterocycles. The highest BCUT2D eigenvalue weighted by atomic mass is 35.5. The fraction of sp³-hybridized carbons (Fsp3) is 0.412. The van der Waals surface area contributed by atoms with E-state index < -0.39 is 9.84 Å². The topological polar surface area (TPSA) is 81.1 Å². The monoisotopic (exact) mass is 381 g/mol. The normalized spacial score (nSPS) is 19.3. The quantitative estimate of drug-likeness (QED) is 0.882. The van der Waals surface area contributed by atoms with Crippen molar-refractivity contribution >= 4 is 27.3 Å². The second-order valence-electron chi connectivity index (χ2n) is 6.56. The number of benzene rings is 1. The molecule has 0 radical (unpaired) electrons. The Balaban J connectivity index is 1.90. The zero-order chi connectivity index (χ0) is 18.2. The van der Waals surface area contributed by atoms with E-state index in [9.17, 15) is 13.2 Å². The van der Waals surface area contributed by atoms with Gasteiger partial charge in [0.2, 0.25) is 0 Å². The standard InChI is InChI=1S/C17H20ClN3O3S/c1-11(2)16-15(17(22)20-13-6-7-25(23,24)10-13)9-19-21(16)14-5-3-4-12(18)8-14/h3-5,8-9,11,13H,6-7,10H2,1-2H3,(H,20,22)/t13-/m0/s1. The minimum atomic E-state index is -3.04. The first-order chi connectivity index (χ1) is 11.8. The molecule has 1 N–H and O–H groups in total. The van der Waals surface area contributed by atoms with E-state index in [1.165, 1.54) is 6.20 Å². The summed E-state index contributed by atoms with van der Waals surface area (Å²) in [6.07, 6.45) is 1.97. The van der Waals surface area contributed by atoms with E-state index in [-0.39, 0.29) is 29.4 Å². The summed E-state index contributed by atoms with van der Waals surface area (Å²) in [6, 6.07) is 6.92. The molecule has 134 valence electrons. The number of sulfone groups is 1. The molecule has 0 spiro atoms. The highest BCUT2D eigenvalue weighted by Gasteiger charge is 2.30. The zero-order valence-electron chi connectivity index (χ0n) is 14.1. The van der Waals surface area contributed by atoms with Crippen LogP contribution in [-0.4, -0.2) is 41.7 Å². The second kappa shape index (κ2) is 6.80. The summed E-state index contributed by atoms with van der Waals surface area (Å²) in [5, 5.41) is 7.76. The zero-order valence-corrected chi connectivity index (χ0v) is 15.6. The third kappa shape index (κ3) is 3.88. The van der Waals surface area contributed by atoms with Gasteiger partial charge in [0, 0.05) is 11.1 Å². The van der Waals surface area contributed by atoms with Crippen molar-refractivity contribution in [2.75, 3.05) is 11.5 Å². The number of nitrogens with one attached hydrogen (secondary N) is 1. The molecule has 1 aliphatic heterocycles. The predicted molar refractivity (Wildman–Crippen MR) is 97.2 cm³/mol. The molecule has 1 aromatic carbocycles. The van der Waals surface area contributed by atoms with Crippen molar-refractivity contribution in [3.05, 3.63) is 46.7 Å². The van der Waals surface area contributed by atoms with E-state index >= 15 is 0 Å². The maximum absolute atomic E-state index is 12.7. The number of carbonyl (C=O) groups is 1. The third-order valence-corrected chi connectivity index (χ3v) is 6.22. The molecule has 1 amide bonds. The highest BCUT2D eigenvalue weighted by molar-refractivity contribution is 7.91. The minimum Gasteiger partial charge on any atom is -0.348 e. The summed E-state index contributed by atoms with van der Waals surface area (Å²) in [6.45, 7) is 3.96. The minimum absolute atomic E-state index is 0.00180. The van der Waals surface area contributed by atoms with Gasteiger partial charge in [0.15, 0.2) is 9.84 Å². The predicted octanol–water partition coefficient (Wildman–Crippen LogP) is 2.57. The number of amides is 1. The molecule has 6 nitrogen and oxygen atoms in total. The van der Waals surface area contributed by atoms with Crippen LogP contribution >= 0.6 is 11.6 Å². The molecule has 1 fully saturated rings. The van der Waals surface area contributed by atoms with E-state index in [4.69, 9.17) is 11.6 Å². The lowest BCUT2D eigenvalue weighted by molar-refractivity contribution is 0.0939. The molecule has 1 aromatic heterocycles. The molecule has 1 aliphatic rings. The summed E-state index contributed by atoms with van der Waals surface area (Å²) in [5.74, 6) is -0.122. The molecule has 0 aliphatic carbocycles. The number of hydrogen-bond donors (Lipinski definition) is 1. The number of halogens is 1. The molecule has 8 heteroatoms. The van der Waals surface area contributed by atoms with Gasteiger partial charge in [-0.25, -0.2) is 13.1 Å². The molecule has 2 aromatic rings. The van der Waals surface area contributed by atoms with E-state index in [1.54, 1.807) is 16.8 Å². The average Bonchev–Trinajstić information content (AvgIpc) is 3.10. The first-order valence-electron chi connectivity index (χ1n) is 8.12. The molecule has 0 unspecified atom stereocenters. The van der Waals surface area contributed by atoms with Gasteiger partial charge in [0.25, 0.3) is 5.91 Å². The molecule has 25 heavy (non-hydrogen) atoms. The van der Waals surface area contributed by atoms with Gasteiger partial charge < -0.3 is 5.32 Å². The maximum atomic E-state index is 12.7. The summed E-state index contributed by atoms with van der Waals surface area (Å²) in [7, 11) is -3.04. The number of hydrogen-bond acceptors (Lipinski definition) is 4. The van der Waals surface area contributed by atoms with Gasteiger partial charge in [-0.05, 0) is 30.5 Å². The van der Waals surface area contributed by atoms with E-state index in [2.05, 4.69) is 10.4 Å². The van der Waals surface area contributed by atoms with E-state index in [1.807, 2.05) is 26.0 Å². The van der Waals surface area contributed by atoms with Crippen molar-refractivity contribution in [2.45, 2.75) is 32.2 Å². The Bertz CT molecular complexity index is 906. The lowest BCUT2D eigenvalue weighted by Crippen LogP contribution is -2.36. The molecule has 3 rings (SSSR count). The van der Waals surface area contributed by atoms with Crippen molar-refractivity contribution in [2.24, 2.45) is 0 Å². The third-order valence-electron chi connectivity index (χ3n) is 4.22. The van der Waals surface area contributed by atoms with Crippen LogP contribution in [0, 0.1) is 0 Å². The fourth-order valence-corrected chi connectivity index (χ4v) is 4.93. The Morgan fingerprint density at radius 1 is 1.40 bits per heavy atom. The Labute approximate surface area is 152 Å².